The van der Waals surface area contributed by atoms with Gasteiger partial charge in [0, 0.05) is 7.11 Å². The highest BCUT2D eigenvalue weighted by molar-refractivity contribution is 5.90. The molecule has 0 spiro atoms. The summed E-state index contributed by atoms with van der Waals surface area (Å²) in [5, 5.41) is 9.01. The van der Waals surface area contributed by atoms with Crippen LogP contribution in [0.15, 0.2) is 36.5 Å². The lowest BCUT2D eigenvalue weighted by molar-refractivity contribution is 0.0692. The van der Waals surface area contributed by atoms with Gasteiger partial charge in [-0.1, -0.05) is 12.1 Å². The highest BCUT2D eigenvalue weighted by Crippen LogP contribution is 2.24. The van der Waals surface area contributed by atoms with Crippen LogP contribution >= 0.6 is 0 Å². The predicted octanol–water partition coefficient (Wildman–Crippen LogP) is 2.90. The molecule has 1 aromatic carbocycles. The monoisotopic (exact) mass is 291 g/mol. The Labute approximate surface area is 121 Å². The number of carboxylic acids is 1. The van der Waals surface area contributed by atoms with Gasteiger partial charge < -0.3 is 14.6 Å². The third kappa shape index (κ3) is 4.00. The fourth-order valence-corrected chi connectivity index (χ4v) is 1.72. The van der Waals surface area contributed by atoms with Crippen molar-refractivity contribution in [2.75, 3.05) is 13.7 Å². The van der Waals surface area contributed by atoms with Crippen LogP contribution in [-0.4, -0.2) is 29.8 Å². The first-order chi connectivity index (χ1) is 10.1. The maximum atomic E-state index is 13.0. The Morgan fingerprint density at radius 1 is 1.33 bits per heavy atom. The number of rotatable bonds is 6. The fraction of sp³-hybridized carbons (Fsp3) is 0.200. The number of benzene rings is 1. The maximum Gasteiger partial charge on any atom is 0.341 e. The number of carbonyl (C=O) groups is 1. The first kappa shape index (κ1) is 14.9. The van der Waals surface area contributed by atoms with E-state index in [4.69, 9.17) is 14.6 Å². The van der Waals surface area contributed by atoms with Gasteiger partial charge in [-0.15, -0.1) is 0 Å². The minimum Gasteiger partial charge on any atom is -0.477 e. The van der Waals surface area contributed by atoms with E-state index in [2.05, 4.69) is 4.98 Å². The normalized spacial score (nSPS) is 10.4. The van der Waals surface area contributed by atoms with E-state index in [9.17, 15) is 9.18 Å². The van der Waals surface area contributed by atoms with Gasteiger partial charge in [-0.05, 0) is 30.2 Å². The summed E-state index contributed by atoms with van der Waals surface area (Å²) in [5.74, 6) is -1.74. The van der Waals surface area contributed by atoms with Crippen molar-refractivity contribution in [3.63, 3.8) is 0 Å². The van der Waals surface area contributed by atoms with Gasteiger partial charge in [0.05, 0.1) is 12.8 Å². The molecule has 0 unspecified atom stereocenters. The predicted molar refractivity (Wildman–Crippen MR) is 73.3 cm³/mol. The number of carboxylic acid groups (broad SMARTS) is 1. The Bertz CT molecular complexity index is 628. The lowest BCUT2D eigenvalue weighted by Crippen LogP contribution is -2.03. The molecule has 1 aromatic heterocycles. The lowest BCUT2D eigenvalue weighted by atomic mass is 10.1. The molecule has 0 aliphatic heterocycles. The summed E-state index contributed by atoms with van der Waals surface area (Å²) in [4.78, 5) is 14.7. The zero-order chi connectivity index (χ0) is 15.2. The molecule has 0 atom stereocenters. The van der Waals surface area contributed by atoms with Crippen LogP contribution in [0.3, 0.4) is 0 Å². The second kappa shape index (κ2) is 6.81. The first-order valence-corrected chi connectivity index (χ1v) is 6.24. The van der Waals surface area contributed by atoms with Crippen LogP contribution in [0.1, 0.15) is 15.9 Å². The summed E-state index contributed by atoms with van der Waals surface area (Å²) in [6, 6.07) is 7.96. The highest BCUT2D eigenvalue weighted by atomic mass is 19.1. The summed E-state index contributed by atoms with van der Waals surface area (Å²) in [7, 11) is 1.63. The molecular formula is C15H14FNO4. The van der Waals surface area contributed by atoms with Crippen LogP contribution in [0, 0.1) is 5.82 Å². The maximum absolute atomic E-state index is 13.0. The van der Waals surface area contributed by atoms with Gasteiger partial charge in [0.25, 0.3) is 0 Å². The van der Waals surface area contributed by atoms with Crippen LogP contribution in [-0.2, 0) is 11.2 Å². The molecule has 0 aliphatic rings. The van der Waals surface area contributed by atoms with E-state index in [-0.39, 0.29) is 11.4 Å². The largest absolute Gasteiger partial charge is 0.477 e. The Hall–Kier alpha value is -2.47. The average molecular weight is 291 g/mol. The molecule has 1 N–H and O–H groups in total. The van der Waals surface area contributed by atoms with Crippen LogP contribution in [0.25, 0.3) is 0 Å². The molecule has 0 radical (unpaired) electrons. The number of ether oxygens (including phenoxy) is 2. The SMILES string of the molecule is COCCc1ccc(Oc2ncc(F)cc2C(=O)O)cc1. The van der Waals surface area contributed by atoms with Crippen molar-refractivity contribution in [1.29, 1.82) is 0 Å². The molecule has 0 aliphatic carbocycles. The second-order valence-electron chi connectivity index (χ2n) is 4.30. The molecule has 0 bridgehead atoms. The molecule has 0 fully saturated rings. The van der Waals surface area contributed by atoms with E-state index in [1.807, 2.05) is 12.1 Å². The summed E-state index contributed by atoms with van der Waals surface area (Å²) in [6.07, 6.45) is 1.68. The number of hydrogen-bond donors (Lipinski definition) is 1. The van der Waals surface area contributed by atoms with Crippen molar-refractivity contribution < 1.29 is 23.8 Å². The lowest BCUT2D eigenvalue weighted by Gasteiger charge is -2.08. The van der Waals surface area contributed by atoms with Gasteiger partial charge in [-0.2, -0.15) is 0 Å². The summed E-state index contributed by atoms with van der Waals surface area (Å²) in [5.41, 5.74) is 0.744. The van der Waals surface area contributed by atoms with Gasteiger partial charge in [0.1, 0.15) is 17.1 Å². The molecular weight excluding hydrogens is 277 g/mol. The molecule has 21 heavy (non-hydrogen) atoms. The minimum atomic E-state index is -1.30. The Balaban J connectivity index is 2.16. The van der Waals surface area contributed by atoms with Crippen molar-refractivity contribution in [1.82, 2.24) is 4.98 Å². The van der Waals surface area contributed by atoms with E-state index in [0.29, 0.717) is 12.4 Å². The molecule has 0 saturated carbocycles. The molecule has 5 nitrogen and oxygen atoms in total. The van der Waals surface area contributed by atoms with E-state index >= 15 is 0 Å². The topological polar surface area (TPSA) is 68.7 Å². The Morgan fingerprint density at radius 2 is 2.05 bits per heavy atom. The summed E-state index contributed by atoms with van der Waals surface area (Å²) in [6.45, 7) is 0.614. The number of methoxy groups -OCH3 is 1. The number of pyridine rings is 1. The van der Waals surface area contributed by atoms with Crippen molar-refractivity contribution in [2.45, 2.75) is 6.42 Å². The van der Waals surface area contributed by atoms with Gasteiger partial charge in [-0.25, -0.2) is 14.2 Å². The fourth-order valence-electron chi connectivity index (χ4n) is 1.72. The molecule has 0 amide bonds. The number of nitrogens with zero attached hydrogens (tertiary/aromatic N) is 1. The van der Waals surface area contributed by atoms with Gasteiger partial charge in [0.2, 0.25) is 5.88 Å². The van der Waals surface area contributed by atoms with Gasteiger partial charge in [-0.3, -0.25) is 0 Å². The standard InChI is InChI=1S/C15H14FNO4/c1-20-7-6-10-2-4-12(5-3-10)21-14-13(15(18)19)8-11(16)9-17-14/h2-5,8-9H,6-7H2,1H3,(H,18,19). The average Bonchev–Trinajstić information content (AvgIpc) is 2.48. The van der Waals surface area contributed by atoms with Crippen LogP contribution in [0.5, 0.6) is 11.6 Å². The Morgan fingerprint density at radius 3 is 2.67 bits per heavy atom. The van der Waals surface area contributed by atoms with E-state index in [0.717, 1.165) is 24.2 Å². The van der Waals surface area contributed by atoms with Crippen molar-refractivity contribution >= 4 is 5.97 Å². The molecule has 2 rings (SSSR count). The third-order valence-electron chi connectivity index (χ3n) is 2.78. The number of halogens is 1. The van der Waals surface area contributed by atoms with Crippen molar-refractivity contribution in [2.24, 2.45) is 0 Å². The zero-order valence-corrected chi connectivity index (χ0v) is 11.4. The minimum absolute atomic E-state index is 0.145. The number of aromatic carboxylic acids is 1. The zero-order valence-electron chi connectivity index (χ0n) is 11.4. The smallest absolute Gasteiger partial charge is 0.341 e. The molecule has 110 valence electrons. The van der Waals surface area contributed by atoms with Crippen LogP contribution in [0.4, 0.5) is 4.39 Å². The molecule has 1 heterocycles. The van der Waals surface area contributed by atoms with E-state index in [1.54, 1.807) is 19.2 Å². The van der Waals surface area contributed by atoms with Crippen LogP contribution in [0.2, 0.25) is 0 Å². The van der Waals surface area contributed by atoms with Crippen molar-refractivity contribution in [3.8, 4) is 11.6 Å². The van der Waals surface area contributed by atoms with Crippen molar-refractivity contribution in [3.05, 3.63) is 53.5 Å². The number of hydrogen-bond acceptors (Lipinski definition) is 4. The molecule has 2 aromatic rings. The van der Waals surface area contributed by atoms with Crippen LogP contribution < -0.4 is 4.74 Å². The quantitative estimate of drug-likeness (QED) is 0.886. The molecule has 0 saturated heterocycles. The third-order valence-corrected chi connectivity index (χ3v) is 2.78. The Kier molecular flexibility index (Phi) is 4.84. The van der Waals surface area contributed by atoms with Gasteiger partial charge >= 0.3 is 5.97 Å². The second-order valence-corrected chi connectivity index (χ2v) is 4.30. The van der Waals surface area contributed by atoms with E-state index < -0.39 is 11.8 Å². The first-order valence-electron chi connectivity index (χ1n) is 6.24. The van der Waals surface area contributed by atoms with E-state index in [1.165, 1.54) is 0 Å². The summed E-state index contributed by atoms with van der Waals surface area (Å²) < 4.78 is 23.4. The van der Waals surface area contributed by atoms with Gasteiger partial charge in [0.15, 0.2) is 0 Å². The number of aromatic nitrogens is 1. The summed E-state index contributed by atoms with van der Waals surface area (Å²) >= 11 is 0. The highest BCUT2D eigenvalue weighted by Gasteiger charge is 2.15. The molecule has 6 heteroatoms.